The summed E-state index contributed by atoms with van der Waals surface area (Å²) in [5.74, 6) is 2.14. The van der Waals surface area contributed by atoms with Gasteiger partial charge >= 0.3 is 0 Å². The molecule has 4 atom stereocenters. The molecular weight excluding hydrogens is 482 g/mol. The van der Waals surface area contributed by atoms with Crippen LogP contribution in [0, 0.1) is 5.92 Å². The molecule has 3 aliphatic rings. The number of fused-ring (bicyclic) bond motifs is 2. The summed E-state index contributed by atoms with van der Waals surface area (Å²) in [6, 6.07) is 12.6. The van der Waals surface area contributed by atoms with Gasteiger partial charge in [-0.25, -0.2) is 0 Å². The zero-order valence-corrected chi connectivity index (χ0v) is 23.1. The highest BCUT2D eigenvalue weighted by Gasteiger charge is 2.43. The molecule has 8 heteroatoms. The van der Waals surface area contributed by atoms with E-state index >= 15 is 0 Å². The summed E-state index contributed by atoms with van der Waals surface area (Å²) in [5, 5.41) is 9.78. The van der Waals surface area contributed by atoms with Crippen LogP contribution in [0.15, 0.2) is 36.4 Å². The van der Waals surface area contributed by atoms with Crippen molar-refractivity contribution in [3.8, 4) is 11.5 Å². The van der Waals surface area contributed by atoms with Crippen LogP contribution in [0.4, 0.5) is 11.4 Å². The van der Waals surface area contributed by atoms with Gasteiger partial charge in [0.2, 0.25) is 0 Å². The smallest absolute Gasteiger partial charge is 0.258 e. The van der Waals surface area contributed by atoms with E-state index in [1.165, 1.54) is 6.42 Å². The van der Waals surface area contributed by atoms with Gasteiger partial charge in [-0.1, -0.05) is 6.92 Å². The minimum Gasteiger partial charge on any atom is -0.495 e. The maximum Gasteiger partial charge on any atom is 0.258 e. The quantitative estimate of drug-likeness (QED) is 0.510. The van der Waals surface area contributed by atoms with Crippen molar-refractivity contribution >= 4 is 17.3 Å². The van der Waals surface area contributed by atoms with Crippen LogP contribution in [0.3, 0.4) is 0 Å². The fourth-order valence-corrected chi connectivity index (χ4v) is 6.18. The van der Waals surface area contributed by atoms with Crippen molar-refractivity contribution in [2.24, 2.45) is 5.92 Å². The van der Waals surface area contributed by atoms with Crippen LogP contribution in [-0.2, 0) is 11.2 Å². The van der Waals surface area contributed by atoms with Crippen LogP contribution in [0.5, 0.6) is 11.5 Å². The Bertz CT molecular complexity index is 1140. The lowest BCUT2D eigenvalue weighted by atomic mass is 9.98. The molecule has 206 valence electrons. The van der Waals surface area contributed by atoms with Gasteiger partial charge in [-0.2, -0.15) is 0 Å². The van der Waals surface area contributed by atoms with E-state index in [2.05, 4.69) is 28.9 Å². The van der Waals surface area contributed by atoms with Crippen molar-refractivity contribution in [2.45, 2.75) is 51.3 Å². The second kappa shape index (κ2) is 11.5. The van der Waals surface area contributed by atoms with Crippen LogP contribution >= 0.6 is 0 Å². The number of nitrogens with zero attached hydrogens (tertiary/aromatic N) is 3. The van der Waals surface area contributed by atoms with E-state index in [4.69, 9.17) is 14.2 Å². The molecule has 2 saturated heterocycles. The van der Waals surface area contributed by atoms with Crippen molar-refractivity contribution in [1.82, 2.24) is 4.90 Å². The number of anilines is 2. The molecule has 0 bridgehead atoms. The van der Waals surface area contributed by atoms with Gasteiger partial charge in [-0.05, 0) is 68.0 Å². The summed E-state index contributed by atoms with van der Waals surface area (Å²) in [5.41, 5.74) is 3.63. The molecule has 0 radical (unpaired) electrons. The summed E-state index contributed by atoms with van der Waals surface area (Å²) >= 11 is 0. The fraction of sp³-hybridized carbons (Fsp3) is 0.567. The Labute approximate surface area is 226 Å². The number of benzene rings is 2. The van der Waals surface area contributed by atoms with E-state index in [0.29, 0.717) is 42.3 Å². The number of carbonyl (C=O) groups is 1. The normalized spacial score (nSPS) is 22.8. The number of aliphatic hydroxyl groups excluding tert-OH is 1. The van der Waals surface area contributed by atoms with Crippen LogP contribution in [0.25, 0.3) is 0 Å². The number of hydrogen-bond acceptors (Lipinski definition) is 7. The summed E-state index contributed by atoms with van der Waals surface area (Å²) in [7, 11) is 3.48. The fourth-order valence-electron chi connectivity index (χ4n) is 6.18. The molecule has 0 aromatic heterocycles. The highest BCUT2D eigenvalue weighted by Crippen LogP contribution is 2.41. The molecule has 2 aromatic carbocycles. The van der Waals surface area contributed by atoms with Gasteiger partial charge < -0.3 is 29.1 Å². The molecule has 1 amide bonds. The molecule has 1 N–H and O–H groups in total. The predicted octanol–water partition coefficient (Wildman–Crippen LogP) is 3.59. The molecule has 5 rings (SSSR count). The van der Waals surface area contributed by atoms with E-state index < -0.39 is 6.10 Å². The highest BCUT2D eigenvalue weighted by molar-refractivity contribution is 6.08. The molecule has 38 heavy (non-hydrogen) atoms. The maximum atomic E-state index is 13.5. The van der Waals surface area contributed by atoms with Crippen LogP contribution in [0.1, 0.15) is 42.6 Å². The lowest BCUT2D eigenvalue weighted by Gasteiger charge is -2.32. The lowest BCUT2D eigenvalue weighted by molar-refractivity contribution is 0.0978. The summed E-state index contributed by atoms with van der Waals surface area (Å²) in [6.07, 6.45) is 2.07. The third-order valence-corrected chi connectivity index (χ3v) is 8.46. The Morgan fingerprint density at radius 2 is 1.92 bits per heavy atom. The molecule has 0 aliphatic carbocycles. The first kappa shape index (κ1) is 26.8. The molecule has 2 aromatic rings. The van der Waals surface area contributed by atoms with Crippen LogP contribution in [-0.4, -0.2) is 87.7 Å². The average molecular weight is 524 g/mol. The number of rotatable bonds is 10. The highest BCUT2D eigenvalue weighted by atomic mass is 16.5. The average Bonchev–Trinajstić information content (AvgIpc) is 3.53. The van der Waals surface area contributed by atoms with Gasteiger partial charge in [-0.3, -0.25) is 9.69 Å². The summed E-state index contributed by atoms with van der Waals surface area (Å²) < 4.78 is 17.0. The minimum absolute atomic E-state index is 0.0130. The van der Waals surface area contributed by atoms with Crippen molar-refractivity contribution in [2.75, 3.05) is 63.4 Å². The topological polar surface area (TPSA) is 74.7 Å². The van der Waals surface area contributed by atoms with Crippen molar-refractivity contribution in [3.05, 3.63) is 47.5 Å². The molecular formula is C30H41N3O5. The van der Waals surface area contributed by atoms with Crippen molar-refractivity contribution < 1.29 is 24.1 Å². The number of aliphatic hydroxyl groups is 1. The van der Waals surface area contributed by atoms with Gasteiger partial charge in [0.1, 0.15) is 18.1 Å². The second-order valence-electron chi connectivity index (χ2n) is 10.8. The van der Waals surface area contributed by atoms with E-state index in [9.17, 15) is 9.90 Å². The largest absolute Gasteiger partial charge is 0.495 e. The van der Waals surface area contributed by atoms with Gasteiger partial charge in [0.05, 0.1) is 25.5 Å². The predicted molar refractivity (Wildman–Crippen MR) is 149 cm³/mol. The van der Waals surface area contributed by atoms with E-state index in [1.807, 2.05) is 36.1 Å². The molecule has 8 nitrogen and oxygen atoms in total. The zero-order chi connectivity index (χ0) is 26.8. The maximum absolute atomic E-state index is 13.5. The first-order valence-corrected chi connectivity index (χ1v) is 13.9. The zero-order valence-electron chi connectivity index (χ0n) is 23.1. The van der Waals surface area contributed by atoms with Crippen LogP contribution < -0.4 is 19.3 Å². The number of likely N-dealkylation sites (tertiary alicyclic amines) is 1. The van der Waals surface area contributed by atoms with E-state index in [1.54, 1.807) is 14.2 Å². The Hall–Kier alpha value is -2.81. The standard InChI is InChI=1S/C30H41N3O5/c1-5-24(34)19-38-25-7-8-26-21(14-25)10-12-32(30(26)35)23-6-9-27(29(15-23)37-4)33-13-11-22-16-31(17-28(22)33)20(2)18-36-3/h6-9,14-15,20,22,24,28,34H,5,10-13,16-19H2,1-4H3/t20?,22?,24-,28?/m0/s1. The number of hydrogen-bond donors (Lipinski definition) is 1. The summed E-state index contributed by atoms with van der Waals surface area (Å²) in [6.45, 7) is 8.92. The number of ether oxygens (including phenoxy) is 3. The van der Waals surface area contributed by atoms with Crippen LogP contribution in [0.2, 0.25) is 0 Å². The molecule has 3 heterocycles. The molecule has 0 spiro atoms. The summed E-state index contributed by atoms with van der Waals surface area (Å²) in [4.78, 5) is 20.3. The first-order valence-electron chi connectivity index (χ1n) is 13.9. The van der Waals surface area contributed by atoms with Gasteiger partial charge in [0.25, 0.3) is 5.91 Å². The Morgan fingerprint density at radius 3 is 2.68 bits per heavy atom. The van der Waals surface area contributed by atoms with Crippen molar-refractivity contribution in [1.29, 1.82) is 0 Å². The van der Waals surface area contributed by atoms with E-state index in [-0.39, 0.29) is 12.5 Å². The lowest BCUT2D eigenvalue weighted by Crippen LogP contribution is -2.40. The molecule has 0 saturated carbocycles. The van der Waals surface area contributed by atoms with Gasteiger partial charge in [0, 0.05) is 62.7 Å². The molecule has 3 aliphatic heterocycles. The first-order chi connectivity index (χ1) is 18.4. The van der Waals surface area contributed by atoms with E-state index in [0.717, 1.165) is 55.3 Å². The SMILES string of the molecule is CC[C@H](O)COc1ccc2c(c1)CCN(c1ccc(N3CCC4CN(C(C)COC)CC43)c(OC)c1)C2=O. The Kier molecular flexibility index (Phi) is 8.12. The monoisotopic (exact) mass is 523 g/mol. The number of amides is 1. The number of methoxy groups -OCH3 is 2. The third-order valence-electron chi connectivity index (χ3n) is 8.46. The van der Waals surface area contributed by atoms with Gasteiger partial charge in [0.15, 0.2) is 0 Å². The minimum atomic E-state index is -0.487. The molecule has 2 fully saturated rings. The molecule has 3 unspecified atom stereocenters. The number of carbonyl (C=O) groups excluding carboxylic acids is 1. The third kappa shape index (κ3) is 5.22. The van der Waals surface area contributed by atoms with Crippen molar-refractivity contribution in [3.63, 3.8) is 0 Å². The Balaban J connectivity index is 1.31. The Morgan fingerprint density at radius 1 is 1.08 bits per heavy atom. The van der Waals surface area contributed by atoms with Gasteiger partial charge in [-0.15, -0.1) is 0 Å². The second-order valence-corrected chi connectivity index (χ2v) is 10.8.